The molecule has 132 valence electrons. The fourth-order valence-electron chi connectivity index (χ4n) is 3.93. The lowest BCUT2D eigenvalue weighted by molar-refractivity contribution is 0.256. The van der Waals surface area contributed by atoms with Crippen LogP contribution in [0, 0.1) is 0 Å². The summed E-state index contributed by atoms with van der Waals surface area (Å²) in [6.45, 7) is 2.07. The number of fused-ring (bicyclic) bond motifs is 4. The minimum Gasteiger partial charge on any atom is -0.307 e. The van der Waals surface area contributed by atoms with E-state index in [0.717, 1.165) is 39.6 Å². The smallest absolute Gasteiger partial charge is 0.307 e. The molecule has 1 aliphatic rings. The highest BCUT2D eigenvalue weighted by molar-refractivity contribution is 6.14. The van der Waals surface area contributed by atoms with Gasteiger partial charge in [-0.1, -0.05) is 24.3 Å². The average Bonchev–Trinajstić information content (AvgIpc) is 3.04. The first kappa shape index (κ1) is 15.8. The van der Waals surface area contributed by atoms with Crippen molar-refractivity contribution in [1.29, 1.82) is 0 Å². The first-order chi connectivity index (χ1) is 13.2. The van der Waals surface area contributed by atoms with Crippen LogP contribution >= 0.6 is 0 Å². The van der Waals surface area contributed by atoms with Crippen LogP contribution in [0.2, 0.25) is 0 Å². The van der Waals surface area contributed by atoms with Gasteiger partial charge in [0.1, 0.15) is 0 Å². The zero-order valence-corrected chi connectivity index (χ0v) is 14.9. The predicted molar refractivity (Wildman–Crippen MR) is 108 cm³/mol. The van der Waals surface area contributed by atoms with Crippen LogP contribution in [-0.4, -0.2) is 22.0 Å². The number of hydrogen-bond acceptors (Lipinski definition) is 3. The Morgan fingerprint density at radius 3 is 2.70 bits per heavy atom. The summed E-state index contributed by atoms with van der Waals surface area (Å²) in [5, 5.41) is 4.95. The van der Waals surface area contributed by atoms with Crippen LogP contribution in [0.5, 0.6) is 0 Å². The summed E-state index contributed by atoms with van der Waals surface area (Å²) in [6.07, 6.45) is 4.38. The van der Waals surface area contributed by atoms with Gasteiger partial charge in [0.2, 0.25) is 0 Å². The van der Waals surface area contributed by atoms with Crippen LogP contribution < -0.4 is 10.2 Å². The molecule has 0 aliphatic carbocycles. The molecule has 0 bridgehead atoms. The van der Waals surface area contributed by atoms with E-state index in [0.29, 0.717) is 0 Å². The van der Waals surface area contributed by atoms with Crippen molar-refractivity contribution in [2.75, 3.05) is 10.2 Å². The summed E-state index contributed by atoms with van der Waals surface area (Å²) in [4.78, 5) is 23.9. The van der Waals surface area contributed by atoms with Gasteiger partial charge in [-0.3, -0.25) is 14.9 Å². The molecule has 4 aromatic rings. The zero-order valence-electron chi connectivity index (χ0n) is 14.9. The fourth-order valence-corrected chi connectivity index (χ4v) is 3.93. The van der Waals surface area contributed by atoms with Gasteiger partial charge in [-0.15, -0.1) is 0 Å². The topological polar surface area (TPSA) is 58.1 Å². The van der Waals surface area contributed by atoms with E-state index < -0.39 is 0 Å². The van der Waals surface area contributed by atoms with Gasteiger partial charge in [0, 0.05) is 34.9 Å². The van der Waals surface area contributed by atoms with E-state index >= 15 is 0 Å². The van der Waals surface area contributed by atoms with E-state index in [1.165, 1.54) is 5.56 Å². The Morgan fingerprint density at radius 1 is 1.04 bits per heavy atom. The Morgan fingerprint density at radius 2 is 1.81 bits per heavy atom. The van der Waals surface area contributed by atoms with Crippen LogP contribution in [0.15, 0.2) is 67.0 Å². The SMILES string of the molecule is C[C@H]1Cc2ccccc2N1C(=O)Nc1cc2cccnc2c2ncccc12. The van der Waals surface area contributed by atoms with Gasteiger partial charge in [0.05, 0.1) is 16.7 Å². The van der Waals surface area contributed by atoms with Crippen LogP contribution in [0.4, 0.5) is 16.2 Å². The molecule has 1 atom stereocenters. The number of anilines is 2. The average molecular weight is 354 g/mol. The highest BCUT2D eigenvalue weighted by atomic mass is 16.2. The summed E-state index contributed by atoms with van der Waals surface area (Å²) in [5.74, 6) is 0. The van der Waals surface area contributed by atoms with Crippen LogP contribution in [0.1, 0.15) is 12.5 Å². The highest BCUT2D eigenvalue weighted by Crippen LogP contribution is 2.34. The Kier molecular flexibility index (Phi) is 3.53. The summed E-state index contributed by atoms with van der Waals surface area (Å²) < 4.78 is 0. The third-order valence-electron chi connectivity index (χ3n) is 5.13. The number of pyridine rings is 2. The number of carbonyl (C=O) groups excluding carboxylic acids is 1. The standard InChI is InChI=1S/C22H18N4O/c1-14-12-15-6-2-3-9-19(15)26(14)22(27)25-18-13-16-7-4-10-23-20(16)21-17(18)8-5-11-24-21/h2-11,13-14H,12H2,1H3,(H,25,27)/t14-/m0/s1. The van der Waals surface area contributed by atoms with Crippen molar-refractivity contribution < 1.29 is 4.79 Å². The minimum atomic E-state index is -0.124. The summed E-state index contributed by atoms with van der Waals surface area (Å²) >= 11 is 0. The second-order valence-electron chi connectivity index (χ2n) is 6.88. The largest absolute Gasteiger partial charge is 0.326 e. The van der Waals surface area contributed by atoms with Gasteiger partial charge in [-0.2, -0.15) is 0 Å². The summed E-state index contributed by atoms with van der Waals surface area (Å²) in [6, 6.07) is 17.8. The normalized spacial score (nSPS) is 15.9. The molecule has 2 aromatic heterocycles. The van der Waals surface area contributed by atoms with Gasteiger partial charge < -0.3 is 5.32 Å². The molecule has 0 fully saturated rings. The predicted octanol–water partition coefficient (Wildman–Crippen LogP) is 4.77. The van der Waals surface area contributed by atoms with Crippen molar-refractivity contribution in [2.24, 2.45) is 0 Å². The van der Waals surface area contributed by atoms with E-state index in [2.05, 4.69) is 28.3 Å². The lowest BCUT2D eigenvalue weighted by Crippen LogP contribution is -2.39. The number of para-hydroxylation sites is 1. The summed E-state index contributed by atoms with van der Waals surface area (Å²) in [5.41, 5.74) is 4.56. The molecule has 2 amide bonds. The number of aromatic nitrogens is 2. The second-order valence-corrected chi connectivity index (χ2v) is 6.88. The lowest BCUT2D eigenvalue weighted by atomic mass is 10.1. The molecule has 0 saturated heterocycles. The first-order valence-electron chi connectivity index (χ1n) is 9.03. The third kappa shape index (κ3) is 2.51. The second kappa shape index (κ2) is 6.06. The molecule has 1 aliphatic heterocycles. The van der Waals surface area contributed by atoms with Crippen molar-refractivity contribution in [3.8, 4) is 0 Å². The van der Waals surface area contributed by atoms with Gasteiger partial charge >= 0.3 is 6.03 Å². The van der Waals surface area contributed by atoms with E-state index in [1.807, 2.05) is 53.4 Å². The van der Waals surface area contributed by atoms with Crippen LogP contribution in [0.25, 0.3) is 21.8 Å². The minimum absolute atomic E-state index is 0.119. The Balaban J connectivity index is 1.59. The number of rotatable bonds is 1. The molecule has 2 aromatic carbocycles. The molecule has 0 unspecified atom stereocenters. The highest BCUT2D eigenvalue weighted by Gasteiger charge is 2.30. The monoisotopic (exact) mass is 354 g/mol. The fraction of sp³-hybridized carbons (Fsp3) is 0.136. The maximum atomic E-state index is 13.1. The molecule has 0 radical (unpaired) electrons. The quantitative estimate of drug-likeness (QED) is 0.501. The Bertz CT molecular complexity index is 1190. The molecule has 5 nitrogen and oxygen atoms in total. The Hall–Kier alpha value is -3.47. The number of nitrogens with zero attached hydrogens (tertiary/aromatic N) is 3. The molecular formula is C22H18N4O. The molecule has 5 rings (SSSR count). The van der Waals surface area contributed by atoms with Crippen LogP contribution in [-0.2, 0) is 6.42 Å². The van der Waals surface area contributed by atoms with Crippen molar-refractivity contribution in [3.63, 3.8) is 0 Å². The van der Waals surface area contributed by atoms with Gasteiger partial charge in [-0.25, -0.2) is 4.79 Å². The molecule has 0 saturated carbocycles. The third-order valence-corrected chi connectivity index (χ3v) is 5.13. The van der Waals surface area contributed by atoms with Crippen molar-refractivity contribution in [1.82, 2.24) is 9.97 Å². The van der Waals surface area contributed by atoms with Crippen molar-refractivity contribution in [2.45, 2.75) is 19.4 Å². The number of hydrogen-bond donors (Lipinski definition) is 1. The van der Waals surface area contributed by atoms with E-state index in [9.17, 15) is 4.79 Å². The van der Waals surface area contributed by atoms with Crippen molar-refractivity contribution >= 4 is 39.2 Å². The zero-order chi connectivity index (χ0) is 18.4. The van der Waals surface area contributed by atoms with Gasteiger partial charge in [0.25, 0.3) is 0 Å². The number of nitrogens with one attached hydrogen (secondary N) is 1. The molecule has 1 N–H and O–H groups in total. The van der Waals surface area contributed by atoms with Crippen LogP contribution in [0.3, 0.4) is 0 Å². The maximum Gasteiger partial charge on any atom is 0.326 e. The maximum absolute atomic E-state index is 13.1. The van der Waals surface area contributed by atoms with E-state index in [4.69, 9.17) is 0 Å². The molecular weight excluding hydrogens is 336 g/mol. The molecule has 3 heterocycles. The first-order valence-corrected chi connectivity index (χ1v) is 9.03. The summed E-state index contributed by atoms with van der Waals surface area (Å²) in [7, 11) is 0. The number of amides is 2. The number of carbonyl (C=O) groups is 1. The van der Waals surface area contributed by atoms with Gasteiger partial charge in [0.15, 0.2) is 0 Å². The lowest BCUT2D eigenvalue weighted by Gasteiger charge is -2.23. The molecule has 5 heteroatoms. The Labute approximate surface area is 156 Å². The molecule has 0 spiro atoms. The van der Waals surface area contributed by atoms with E-state index in [1.54, 1.807) is 12.4 Å². The van der Waals surface area contributed by atoms with Gasteiger partial charge in [-0.05, 0) is 49.2 Å². The van der Waals surface area contributed by atoms with Crippen molar-refractivity contribution in [3.05, 3.63) is 72.6 Å². The van der Waals surface area contributed by atoms with E-state index in [-0.39, 0.29) is 12.1 Å². The molecule has 27 heavy (non-hydrogen) atoms. The number of urea groups is 1. The number of benzene rings is 2.